The van der Waals surface area contributed by atoms with Gasteiger partial charge in [0.2, 0.25) is 0 Å². The average molecular weight is 341 g/mol. The van der Waals surface area contributed by atoms with Crippen molar-refractivity contribution in [3.8, 4) is 0 Å². The van der Waals surface area contributed by atoms with Crippen LogP contribution in [0.3, 0.4) is 0 Å². The Bertz CT molecular complexity index is 291. The molecule has 0 bridgehead atoms. The van der Waals surface area contributed by atoms with Gasteiger partial charge in [0.1, 0.15) is 6.10 Å². The van der Waals surface area contributed by atoms with E-state index in [0.29, 0.717) is 6.61 Å². The second kappa shape index (κ2) is 16.1. The summed E-state index contributed by atoms with van der Waals surface area (Å²) in [5.74, 6) is 0.898. The Morgan fingerprint density at radius 2 is 1.46 bits per heavy atom. The van der Waals surface area contributed by atoms with Gasteiger partial charge in [0.15, 0.2) is 0 Å². The van der Waals surface area contributed by atoms with Gasteiger partial charge >= 0.3 is 0 Å². The molecule has 2 atom stereocenters. The van der Waals surface area contributed by atoms with Crippen LogP contribution in [0.1, 0.15) is 89.9 Å². The molecule has 0 saturated heterocycles. The summed E-state index contributed by atoms with van der Waals surface area (Å²) in [6.07, 6.45) is 23.0. The molecule has 142 valence electrons. The molecule has 24 heavy (non-hydrogen) atoms. The van der Waals surface area contributed by atoms with E-state index in [4.69, 9.17) is 14.9 Å². The van der Waals surface area contributed by atoms with E-state index in [-0.39, 0.29) is 13.2 Å². The molecule has 0 heterocycles. The van der Waals surface area contributed by atoms with Crippen LogP contribution < -0.4 is 0 Å². The zero-order valence-corrected chi connectivity index (χ0v) is 15.6. The lowest BCUT2D eigenvalue weighted by atomic mass is 9.99. The van der Waals surface area contributed by atoms with Crippen molar-refractivity contribution in [1.82, 2.24) is 0 Å². The molecule has 0 aromatic carbocycles. The van der Waals surface area contributed by atoms with Crippen LogP contribution in [-0.2, 0) is 4.74 Å². The summed E-state index contributed by atoms with van der Waals surface area (Å²) in [5.41, 5.74) is 0. The summed E-state index contributed by atoms with van der Waals surface area (Å²) < 4.78 is 5.30. The maximum atomic E-state index is 9.12. The lowest BCUT2D eigenvalue weighted by Crippen LogP contribution is -2.19. The van der Waals surface area contributed by atoms with Crippen LogP contribution in [0.2, 0.25) is 0 Å². The first kappa shape index (κ1) is 21.7. The molecule has 3 nitrogen and oxygen atoms in total. The van der Waals surface area contributed by atoms with E-state index in [9.17, 15) is 0 Å². The monoisotopic (exact) mass is 340 g/mol. The number of allylic oxidation sites excluding steroid dienone is 2. The fraction of sp³-hybridized carbons (Fsp3) is 0.905. The summed E-state index contributed by atoms with van der Waals surface area (Å²) in [5, 5.41) is 17.8. The Labute approximate surface area is 149 Å². The van der Waals surface area contributed by atoms with E-state index in [2.05, 4.69) is 12.2 Å². The van der Waals surface area contributed by atoms with Gasteiger partial charge in [0, 0.05) is 6.61 Å². The van der Waals surface area contributed by atoms with E-state index in [0.717, 1.165) is 12.3 Å². The summed E-state index contributed by atoms with van der Waals surface area (Å²) >= 11 is 0. The highest BCUT2D eigenvalue weighted by molar-refractivity contribution is 4.95. The molecule has 1 aliphatic rings. The van der Waals surface area contributed by atoms with Gasteiger partial charge in [-0.1, -0.05) is 76.4 Å². The molecule has 0 spiro atoms. The number of aliphatic hydroxyl groups excluding tert-OH is 2. The van der Waals surface area contributed by atoms with Gasteiger partial charge in [-0.05, 0) is 31.6 Å². The van der Waals surface area contributed by atoms with Crippen LogP contribution >= 0.6 is 0 Å². The van der Waals surface area contributed by atoms with E-state index in [1.54, 1.807) is 0 Å². The second-order valence-electron chi connectivity index (χ2n) is 7.35. The van der Waals surface area contributed by atoms with Crippen molar-refractivity contribution >= 4 is 0 Å². The van der Waals surface area contributed by atoms with Crippen molar-refractivity contribution in [2.75, 3.05) is 19.8 Å². The Morgan fingerprint density at radius 1 is 0.875 bits per heavy atom. The minimum atomic E-state index is -0.718. The van der Waals surface area contributed by atoms with Gasteiger partial charge in [0.05, 0.1) is 13.2 Å². The number of unbranched alkanes of at least 4 members (excludes halogenated alkanes) is 10. The summed E-state index contributed by atoms with van der Waals surface area (Å²) in [6, 6.07) is 0. The Balaban J connectivity index is 1.66. The van der Waals surface area contributed by atoms with Crippen molar-refractivity contribution in [2.45, 2.75) is 96.0 Å². The van der Waals surface area contributed by atoms with Gasteiger partial charge in [-0.2, -0.15) is 0 Å². The van der Waals surface area contributed by atoms with Gasteiger partial charge < -0.3 is 14.9 Å². The van der Waals surface area contributed by atoms with E-state index >= 15 is 0 Å². The molecule has 0 unspecified atom stereocenters. The Hall–Kier alpha value is -0.380. The van der Waals surface area contributed by atoms with Crippen LogP contribution in [0, 0.1) is 5.92 Å². The first-order chi connectivity index (χ1) is 11.8. The van der Waals surface area contributed by atoms with Crippen molar-refractivity contribution in [3.63, 3.8) is 0 Å². The summed E-state index contributed by atoms with van der Waals surface area (Å²) in [4.78, 5) is 0. The average Bonchev–Trinajstić information content (AvgIpc) is 3.11. The smallest absolute Gasteiger partial charge is 0.100 e. The molecule has 1 aliphatic carbocycles. The van der Waals surface area contributed by atoms with Crippen LogP contribution in [0.5, 0.6) is 0 Å². The maximum Gasteiger partial charge on any atom is 0.100 e. The second-order valence-corrected chi connectivity index (χ2v) is 7.35. The van der Waals surface area contributed by atoms with Crippen molar-refractivity contribution in [1.29, 1.82) is 0 Å². The minimum absolute atomic E-state index is 0.210. The first-order valence-electron chi connectivity index (χ1n) is 10.4. The number of ether oxygens (including phenoxy) is 1. The number of aliphatic hydroxyl groups is 2. The zero-order valence-electron chi connectivity index (χ0n) is 15.6. The largest absolute Gasteiger partial charge is 0.394 e. The van der Waals surface area contributed by atoms with E-state index in [1.807, 2.05) is 0 Å². The lowest BCUT2D eigenvalue weighted by molar-refractivity contribution is 0.00526. The zero-order chi connectivity index (χ0) is 17.3. The van der Waals surface area contributed by atoms with Gasteiger partial charge in [-0.25, -0.2) is 0 Å². The molecular weight excluding hydrogens is 300 g/mol. The van der Waals surface area contributed by atoms with E-state index < -0.39 is 6.10 Å². The quantitative estimate of drug-likeness (QED) is 0.289. The molecule has 2 N–H and O–H groups in total. The molecular formula is C21H40O3. The SMILES string of the molecule is OC[C@@H](O)COCCCCCCCCCCCCC[C@@H]1C=CCC1. The number of hydrogen-bond acceptors (Lipinski definition) is 3. The first-order valence-corrected chi connectivity index (χ1v) is 10.4. The Kier molecular flexibility index (Phi) is 14.5. The third-order valence-electron chi connectivity index (χ3n) is 5.00. The van der Waals surface area contributed by atoms with Gasteiger partial charge in [-0.3, -0.25) is 0 Å². The maximum absolute atomic E-state index is 9.12. The molecule has 1 rings (SSSR count). The molecule has 0 radical (unpaired) electrons. The molecule has 0 aromatic heterocycles. The molecule has 3 heteroatoms. The lowest BCUT2D eigenvalue weighted by Gasteiger charge is -2.08. The van der Waals surface area contributed by atoms with Gasteiger partial charge in [0.25, 0.3) is 0 Å². The summed E-state index contributed by atoms with van der Waals surface area (Å²) in [6.45, 7) is 0.749. The standard InChI is InChI=1S/C21H40O3/c22-18-21(23)19-24-17-13-9-7-5-3-1-2-4-6-8-10-14-20-15-11-12-16-20/h11,15,20-23H,1-10,12-14,16-19H2/t20-,21-/m1/s1. The fourth-order valence-corrected chi connectivity index (χ4v) is 3.41. The minimum Gasteiger partial charge on any atom is -0.394 e. The normalized spacial score (nSPS) is 18.3. The van der Waals surface area contributed by atoms with Crippen molar-refractivity contribution < 1.29 is 14.9 Å². The predicted octanol–water partition coefficient (Wildman–Crippen LogP) is 5.00. The van der Waals surface area contributed by atoms with Crippen molar-refractivity contribution in [2.24, 2.45) is 5.92 Å². The van der Waals surface area contributed by atoms with E-state index in [1.165, 1.54) is 83.5 Å². The third kappa shape index (κ3) is 13.0. The highest BCUT2D eigenvalue weighted by Gasteiger charge is 2.07. The van der Waals surface area contributed by atoms with Crippen molar-refractivity contribution in [3.05, 3.63) is 12.2 Å². The van der Waals surface area contributed by atoms with Crippen LogP contribution in [-0.4, -0.2) is 36.1 Å². The summed E-state index contributed by atoms with van der Waals surface area (Å²) in [7, 11) is 0. The topological polar surface area (TPSA) is 49.7 Å². The number of hydrogen-bond donors (Lipinski definition) is 2. The van der Waals surface area contributed by atoms with Crippen LogP contribution in [0.4, 0.5) is 0 Å². The molecule has 0 saturated carbocycles. The third-order valence-corrected chi connectivity index (χ3v) is 5.00. The van der Waals surface area contributed by atoms with Gasteiger partial charge in [-0.15, -0.1) is 0 Å². The number of rotatable bonds is 17. The van der Waals surface area contributed by atoms with Crippen LogP contribution in [0.15, 0.2) is 12.2 Å². The fourth-order valence-electron chi connectivity index (χ4n) is 3.41. The molecule has 0 aliphatic heterocycles. The highest BCUT2D eigenvalue weighted by Crippen LogP contribution is 2.23. The molecule has 0 amide bonds. The highest BCUT2D eigenvalue weighted by atomic mass is 16.5. The molecule has 0 aromatic rings. The molecule has 0 fully saturated rings. The predicted molar refractivity (Wildman–Crippen MR) is 101 cm³/mol. The van der Waals surface area contributed by atoms with Crippen LogP contribution in [0.25, 0.3) is 0 Å². The Morgan fingerprint density at radius 3 is 2.00 bits per heavy atom.